The van der Waals surface area contributed by atoms with Crippen molar-refractivity contribution < 1.29 is 0 Å². The van der Waals surface area contributed by atoms with Crippen molar-refractivity contribution in [3.8, 4) is 0 Å². The molecule has 1 atom stereocenters. The second-order valence-electron chi connectivity index (χ2n) is 31.3. The van der Waals surface area contributed by atoms with E-state index in [0.29, 0.717) is 36.1 Å². The molecule has 11 nitrogen and oxygen atoms in total. The fourth-order valence-electron chi connectivity index (χ4n) is 15.1. The Morgan fingerprint density at radius 1 is 0.571 bits per heavy atom. The normalized spacial score (nSPS) is 21.4. The Kier molecular flexibility index (Phi) is 26.1. The molecule has 3 aliphatic rings. The van der Waals surface area contributed by atoms with Crippen molar-refractivity contribution in [3.05, 3.63) is 5.82 Å². The maximum absolute atomic E-state index is 6.52. The van der Waals surface area contributed by atoms with Crippen LogP contribution in [0, 0.1) is 5.92 Å². The number of hydrogen-bond acceptors (Lipinski definition) is 12. The Morgan fingerprint density at radius 3 is 1.53 bits per heavy atom. The molecule has 4 rings (SSSR count). The molecule has 1 aromatic rings. The van der Waals surface area contributed by atoms with Crippen LogP contribution in [0.25, 0.3) is 0 Å². The summed E-state index contributed by atoms with van der Waals surface area (Å²) < 4.78 is 0. The van der Waals surface area contributed by atoms with Crippen molar-refractivity contribution in [2.45, 2.75) is 366 Å². The highest BCUT2D eigenvalue weighted by molar-refractivity contribution is 7.99. The number of nitrogens with one attached hydrogen (secondary N) is 4. The van der Waals surface area contributed by atoms with Gasteiger partial charge in [0.2, 0.25) is 5.95 Å². The molecule has 6 N–H and O–H groups in total. The smallest absolute Gasteiger partial charge is 0.229 e. The first-order valence-corrected chi connectivity index (χ1v) is 33.1. The molecule has 1 aromatic heterocycles. The minimum Gasteiger partial charge on any atom is -0.338 e. The van der Waals surface area contributed by atoms with Crippen LogP contribution in [0.2, 0.25) is 0 Å². The molecule has 4 heterocycles. The molecule has 0 amide bonds. The van der Waals surface area contributed by atoms with Crippen LogP contribution in [0.4, 0.5) is 5.95 Å². The van der Waals surface area contributed by atoms with Gasteiger partial charge in [-0.15, -0.1) is 0 Å². The van der Waals surface area contributed by atoms with Crippen LogP contribution in [0.15, 0.2) is 5.16 Å². The number of aromatic nitrogens is 3. The molecule has 77 heavy (non-hydrogen) atoms. The maximum atomic E-state index is 6.52. The van der Waals surface area contributed by atoms with Crippen LogP contribution in [0.1, 0.15) is 292 Å². The minimum absolute atomic E-state index is 0.00805. The lowest BCUT2D eigenvalue weighted by atomic mass is 9.77. The average Bonchev–Trinajstić information content (AvgIpc) is 3.23. The van der Waals surface area contributed by atoms with Crippen LogP contribution < -0.4 is 31.9 Å². The molecule has 0 radical (unpaired) electrons. The number of anilines is 1. The zero-order valence-corrected chi connectivity index (χ0v) is 55.5. The summed E-state index contributed by atoms with van der Waals surface area (Å²) >= 11 is 1.88. The highest BCUT2D eigenvalue weighted by Gasteiger charge is 2.46. The van der Waals surface area contributed by atoms with Gasteiger partial charge in [0.1, 0.15) is 0 Å². The van der Waals surface area contributed by atoms with Gasteiger partial charge in [-0.3, -0.25) is 9.80 Å². The average molecular weight is 1100 g/mol. The fraction of sp³-hybridized carbons (Fsp3) is 0.954. The lowest BCUT2D eigenvalue weighted by Crippen LogP contribution is -2.64. The van der Waals surface area contributed by atoms with E-state index in [1.165, 1.54) is 103 Å². The van der Waals surface area contributed by atoms with Gasteiger partial charge < -0.3 is 31.9 Å². The summed E-state index contributed by atoms with van der Waals surface area (Å²) in [6.07, 6.45) is 26.2. The molecule has 450 valence electrons. The van der Waals surface area contributed by atoms with E-state index in [2.05, 4.69) is 181 Å². The van der Waals surface area contributed by atoms with Crippen LogP contribution in [-0.4, -0.2) is 126 Å². The van der Waals surface area contributed by atoms with E-state index in [-0.39, 0.29) is 38.8 Å². The summed E-state index contributed by atoms with van der Waals surface area (Å²) in [4.78, 5) is 25.3. The standard InChI is InChI=1S/C65H129N11S/c1-22-23-24-25-30-35-40-77-57-69-55(65(20,21)76(54-47-63(16,17)73-64(18,19)48-54)39-34-27-26-31-36-67-51(41-49(2)3)42-58(6,7)66)68-56(70-57)75(53-45-61(12,13)72-62(14,15)46-53)38-33-29-28-32-37-74(50(4)5)52-43-59(8,9)71-60(10,11)44-52/h49-54,67,71-73H,22-48,66H2,1-21H3. The Morgan fingerprint density at radius 2 is 1.03 bits per heavy atom. The van der Waals surface area contributed by atoms with E-state index in [1.807, 2.05) is 11.8 Å². The topological polar surface area (TPSA) is 123 Å². The number of rotatable bonds is 34. The number of thioether (sulfide) groups is 1. The van der Waals surface area contributed by atoms with Crippen molar-refractivity contribution in [2.24, 2.45) is 11.7 Å². The Balaban J connectivity index is 1.66. The predicted octanol–water partition coefficient (Wildman–Crippen LogP) is 14.6. The molecular formula is C65H129N11S. The molecular weight excluding hydrogens is 967 g/mol. The van der Waals surface area contributed by atoms with E-state index in [4.69, 9.17) is 20.7 Å². The van der Waals surface area contributed by atoms with Crippen molar-refractivity contribution in [2.75, 3.05) is 36.8 Å². The van der Waals surface area contributed by atoms with Crippen molar-refractivity contribution in [3.63, 3.8) is 0 Å². The van der Waals surface area contributed by atoms with Gasteiger partial charge in [-0.1, -0.05) is 90.3 Å². The zero-order valence-electron chi connectivity index (χ0n) is 54.7. The van der Waals surface area contributed by atoms with E-state index in [1.54, 1.807) is 0 Å². The second-order valence-corrected chi connectivity index (χ2v) is 32.4. The third-order valence-corrected chi connectivity index (χ3v) is 18.2. The molecule has 0 bridgehead atoms. The molecule has 0 aliphatic carbocycles. The maximum Gasteiger partial charge on any atom is 0.229 e. The summed E-state index contributed by atoms with van der Waals surface area (Å²) in [5.41, 5.74) is 6.25. The number of hydrogen-bond donors (Lipinski definition) is 5. The SMILES string of the molecule is CCCCCCCCSc1nc(N(CCCCCCN(C(C)C)C2CC(C)(C)NC(C)(C)C2)C2CC(C)(C)NC(C)(C)C2)nc(C(C)(C)N(CCCCCCNC(CC(C)C)CC(C)(C)N)C2CC(C)(C)NC(C)(C)C2)n1. The van der Waals surface area contributed by atoms with E-state index < -0.39 is 5.54 Å². The van der Waals surface area contributed by atoms with Gasteiger partial charge in [0.15, 0.2) is 11.0 Å². The first-order valence-electron chi connectivity index (χ1n) is 32.1. The molecule has 0 saturated carbocycles. The first kappa shape index (κ1) is 68.4. The van der Waals surface area contributed by atoms with Gasteiger partial charge >= 0.3 is 0 Å². The van der Waals surface area contributed by atoms with Crippen molar-refractivity contribution in [1.29, 1.82) is 0 Å². The van der Waals surface area contributed by atoms with Crippen LogP contribution in [-0.2, 0) is 5.54 Å². The van der Waals surface area contributed by atoms with Gasteiger partial charge in [-0.25, -0.2) is 4.98 Å². The van der Waals surface area contributed by atoms with Gasteiger partial charge in [0.05, 0.1) is 5.54 Å². The van der Waals surface area contributed by atoms with Crippen LogP contribution >= 0.6 is 11.8 Å². The monoisotopic (exact) mass is 1100 g/mol. The van der Waals surface area contributed by atoms with E-state index in [0.717, 1.165) is 87.3 Å². The van der Waals surface area contributed by atoms with Crippen molar-refractivity contribution >= 4 is 17.7 Å². The number of nitrogens with zero attached hydrogens (tertiary/aromatic N) is 6. The summed E-state index contributed by atoms with van der Waals surface area (Å²) in [5, 5.41) is 16.8. The molecule has 3 aliphatic heterocycles. The van der Waals surface area contributed by atoms with Crippen LogP contribution in [0.3, 0.4) is 0 Å². The van der Waals surface area contributed by atoms with Crippen molar-refractivity contribution in [1.82, 2.24) is 46.0 Å². The van der Waals surface area contributed by atoms with Gasteiger partial charge in [-0.2, -0.15) is 9.97 Å². The number of unbranched alkanes of at least 4 members (excludes halogenated alkanes) is 11. The zero-order chi connectivity index (χ0) is 57.7. The summed E-state index contributed by atoms with van der Waals surface area (Å²) in [7, 11) is 0. The lowest BCUT2D eigenvalue weighted by molar-refractivity contribution is -0.00299. The Bertz CT molecular complexity index is 1800. The third-order valence-electron chi connectivity index (χ3n) is 17.2. The summed E-state index contributed by atoms with van der Waals surface area (Å²) in [6, 6.07) is 2.32. The quantitative estimate of drug-likeness (QED) is 0.0334. The number of piperidine rings is 3. The van der Waals surface area contributed by atoms with Gasteiger partial charge in [0, 0.05) is 81.3 Å². The number of nitrogens with two attached hydrogens (primary N) is 1. The molecule has 3 saturated heterocycles. The highest BCUT2D eigenvalue weighted by Crippen LogP contribution is 2.40. The minimum atomic E-state index is -0.415. The van der Waals surface area contributed by atoms with Gasteiger partial charge in [-0.05, 0) is 234 Å². The third kappa shape index (κ3) is 24.3. The first-order chi connectivity index (χ1) is 35.5. The molecule has 3 fully saturated rings. The largest absolute Gasteiger partial charge is 0.338 e. The Labute approximate surface area is 482 Å². The van der Waals surface area contributed by atoms with E-state index in [9.17, 15) is 0 Å². The summed E-state index contributed by atoms with van der Waals surface area (Å²) in [6.45, 7) is 54.0. The van der Waals surface area contributed by atoms with Crippen LogP contribution in [0.5, 0.6) is 0 Å². The van der Waals surface area contributed by atoms with E-state index >= 15 is 0 Å². The fourth-order valence-corrected chi connectivity index (χ4v) is 16.0. The Hall–Kier alpha value is -1.12. The molecule has 0 spiro atoms. The van der Waals surface area contributed by atoms with Gasteiger partial charge in [0.25, 0.3) is 0 Å². The highest BCUT2D eigenvalue weighted by atomic mass is 32.2. The lowest BCUT2D eigenvalue weighted by Gasteiger charge is -2.53. The summed E-state index contributed by atoms with van der Waals surface area (Å²) in [5.74, 6) is 3.55. The molecule has 1 unspecified atom stereocenters. The molecule has 0 aromatic carbocycles. The molecule has 12 heteroatoms. The predicted molar refractivity (Wildman–Crippen MR) is 337 cm³/mol. The second kappa shape index (κ2) is 29.4.